The van der Waals surface area contributed by atoms with E-state index in [-0.39, 0.29) is 0 Å². The number of nitrogens with zero attached hydrogens (tertiary/aromatic N) is 3. The molecular weight excluding hydrogens is 326 g/mol. The van der Waals surface area contributed by atoms with Gasteiger partial charge in [0.15, 0.2) is 11.6 Å². The van der Waals surface area contributed by atoms with Gasteiger partial charge in [0.25, 0.3) is 0 Å². The van der Waals surface area contributed by atoms with Crippen LogP contribution >= 0.6 is 0 Å². The molecule has 0 radical (unpaired) electrons. The Morgan fingerprint density at radius 1 is 1.15 bits per heavy atom. The lowest BCUT2D eigenvalue weighted by molar-refractivity contribution is 0.112. The van der Waals surface area contributed by atoms with E-state index in [1.165, 1.54) is 19.3 Å². The smallest absolute Gasteiger partial charge is 0.181 e. The van der Waals surface area contributed by atoms with Crippen LogP contribution in [0.4, 0.5) is 0 Å². The molecule has 0 bridgehead atoms. The minimum atomic E-state index is 0.629. The molecule has 3 aromatic rings. The zero-order valence-corrected chi connectivity index (χ0v) is 14.8. The highest BCUT2D eigenvalue weighted by molar-refractivity contribution is 5.77. The molecule has 0 saturated heterocycles. The van der Waals surface area contributed by atoms with E-state index in [4.69, 9.17) is 14.8 Å². The minimum absolute atomic E-state index is 0.629. The number of carbonyl (C=O) groups excluding carboxylic acids is 1. The van der Waals surface area contributed by atoms with Crippen LogP contribution in [0.3, 0.4) is 0 Å². The fourth-order valence-electron chi connectivity index (χ4n) is 3.22. The summed E-state index contributed by atoms with van der Waals surface area (Å²) in [7, 11) is 1.66. The average Bonchev–Trinajstić information content (AvgIpc) is 3.09. The molecule has 0 unspecified atom stereocenters. The summed E-state index contributed by atoms with van der Waals surface area (Å²) in [6, 6.07) is 15.3. The van der Waals surface area contributed by atoms with E-state index in [1.54, 1.807) is 13.2 Å². The Bertz CT molecular complexity index is 911. The second-order valence-corrected chi connectivity index (χ2v) is 6.71. The summed E-state index contributed by atoms with van der Waals surface area (Å²) in [4.78, 5) is 15.9. The molecule has 0 N–H and O–H groups in total. The van der Waals surface area contributed by atoms with Gasteiger partial charge in [-0.2, -0.15) is 5.10 Å². The van der Waals surface area contributed by atoms with Gasteiger partial charge >= 0.3 is 0 Å². The van der Waals surface area contributed by atoms with E-state index in [2.05, 4.69) is 0 Å². The molecule has 4 rings (SSSR count). The molecule has 1 aliphatic carbocycles. The normalized spacial score (nSPS) is 14.0. The molecule has 132 valence electrons. The van der Waals surface area contributed by atoms with Crippen molar-refractivity contribution >= 4 is 6.29 Å². The lowest BCUT2D eigenvalue weighted by Crippen LogP contribution is -2.19. The third kappa shape index (κ3) is 3.25. The van der Waals surface area contributed by atoms with Crippen molar-refractivity contribution in [2.45, 2.75) is 25.8 Å². The molecule has 0 amide bonds. The van der Waals surface area contributed by atoms with Gasteiger partial charge in [0, 0.05) is 23.2 Å². The number of methoxy groups -OCH3 is 1. The van der Waals surface area contributed by atoms with Crippen molar-refractivity contribution < 1.29 is 9.53 Å². The highest BCUT2D eigenvalue weighted by Crippen LogP contribution is 2.31. The summed E-state index contributed by atoms with van der Waals surface area (Å²) in [6.07, 6.45) is 4.64. The van der Waals surface area contributed by atoms with Gasteiger partial charge in [-0.1, -0.05) is 24.6 Å². The van der Waals surface area contributed by atoms with Crippen LogP contribution in [0, 0.1) is 5.92 Å². The molecule has 5 nitrogen and oxygen atoms in total. The van der Waals surface area contributed by atoms with Crippen LogP contribution < -0.4 is 4.74 Å². The number of carbonyl (C=O) groups is 1. The zero-order valence-electron chi connectivity index (χ0n) is 14.8. The van der Waals surface area contributed by atoms with Crippen LogP contribution in [-0.2, 0) is 6.54 Å². The van der Waals surface area contributed by atoms with E-state index in [0.29, 0.717) is 17.3 Å². The molecule has 1 aromatic heterocycles. The molecule has 5 heteroatoms. The maximum atomic E-state index is 11.1. The first-order valence-corrected chi connectivity index (χ1v) is 8.91. The van der Waals surface area contributed by atoms with E-state index >= 15 is 0 Å². The van der Waals surface area contributed by atoms with Crippen molar-refractivity contribution in [3.05, 3.63) is 54.1 Å². The van der Waals surface area contributed by atoms with Gasteiger partial charge in [0.2, 0.25) is 0 Å². The fraction of sp³-hybridized carbons (Fsp3) is 0.286. The van der Waals surface area contributed by atoms with Crippen molar-refractivity contribution in [1.29, 1.82) is 0 Å². The lowest BCUT2D eigenvalue weighted by Gasteiger charge is -2.25. The van der Waals surface area contributed by atoms with Gasteiger partial charge in [0.1, 0.15) is 12.0 Å². The standard InChI is InChI=1S/C21H21N3O2/c1-26-19-10-8-17(9-11-19)21-22-20(18-7-3-6-16(12-18)14-25)23-24(21)13-15-4-2-5-15/h3,6-12,14-15H,2,4-5,13H2,1H3. The first-order chi connectivity index (χ1) is 12.8. The Balaban J connectivity index is 1.74. The van der Waals surface area contributed by atoms with Gasteiger partial charge in [-0.05, 0) is 49.1 Å². The Kier molecular flexibility index (Phi) is 4.52. The summed E-state index contributed by atoms with van der Waals surface area (Å²) in [5.41, 5.74) is 2.50. The molecule has 1 heterocycles. The van der Waals surface area contributed by atoms with Gasteiger partial charge in [-0.15, -0.1) is 0 Å². The third-order valence-corrected chi connectivity index (χ3v) is 4.96. The number of hydrogen-bond donors (Lipinski definition) is 0. The minimum Gasteiger partial charge on any atom is -0.497 e. The van der Waals surface area contributed by atoms with Crippen LogP contribution in [0.15, 0.2) is 48.5 Å². The Morgan fingerprint density at radius 2 is 1.96 bits per heavy atom. The van der Waals surface area contributed by atoms with Crippen molar-refractivity contribution in [2.24, 2.45) is 5.92 Å². The van der Waals surface area contributed by atoms with Crippen LogP contribution in [0.2, 0.25) is 0 Å². The van der Waals surface area contributed by atoms with E-state index in [1.807, 2.05) is 47.1 Å². The number of hydrogen-bond acceptors (Lipinski definition) is 4. The van der Waals surface area contributed by atoms with Crippen molar-refractivity contribution in [3.8, 4) is 28.5 Å². The topological polar surface area (TPSA) is 57.0 Å². The Morgan fingerprint density at radius 3 is 2.62 bits per heavy atom. The number of rotatable bonds is 6. The van der Waals surface area contributed by atoms with Crippen LogP contribution in [0.1, 0.15) is 29.6 Å². The molecule has 0 aliphatic heterocycles. The predicted molar refractivity (Wildman–Crippen MR) is 100 cm³/mol. The Labute approximate surface area is 152 Å². The van der Waals surface area contributed by atoms with Gasteiger partial charge in [0.05, 0.1) is 7.11 Å². The first-order valence-electron chi connectivity index (χ1n) is 8.91. The predicted octanol–water partition coefficient (Wildman–Crippen LogP) is 4.23. The van der Waals surface area contributed by atoms with Crippen LogP contribution in [0.5, 0.6) is 5.75 Å². The molecule has 1 fully saturated rings. The largest absolute Gasteiger partial charge is 0.497 e. The van der Waals surface area contributed by atoms with Gasteiger partial charge < -0.3 is 4.74 Å². The highest BCUT2D eigenvalue weighted by Gasteiger charge is 2.22. The van der Waals surface area contributed by atoms with Gasteiger partial charge in [-0.3, -0.25) is 4.79 Å². The lowest BCUT2D eigenvalue weighted by atomic mass is 9.85. The summed E-state index contributed by atoms with van der Waals surface area (Å²) in [6.45, 7) is 0.877. The molecule has 2 aromatic carbocycles. The van der Waals surface area contributed by atoms with E-state index in [9.17, 15) is 4.79 Å². The second-order valence-electron chi connectivity index (χ2n) is 6.71. The van der Waals surface area contributed by atoms with E-state index < -0.39 is 0 Å². The summed E-state index contributed by atoms with van der Waals surface area (Å²) >= 11 is 0. The maximum absolute atomic E-state index is 11.1. The fourth-order valence-corrected chi connectivity index (χ4v) is 3.22. The third-order valence-electron chi connectivity index (χ3n) is 4.96. The van der Waals surface area contributed by atoms with E-state index in [0.717, 1.165) is 35.5 Å². The summed E-state index contributed by atoms with van der Waals surface area (Å²) in [5.74, 6) is 2.99. The SMILES string of the molecule is COc1ccc(-c2nc(-c3cccc(C=O)c3)nn2CC2CCC2)cc1. The molecule has 1 saturated carbocycles. The first kappa shape index (κ1) is 16.5. The second kappa shape index (κ2) is 7.12. The van der Waals surface area contributed by atoms with Crippen LogP contribution in [0.25, 0.3) is 22.8 Å². The molecule has 0 spiro atoms. The molecule has 0 atom stereocenters. The quantitative estimate of drug-likeness (QED) is 0.626. The number of ether oxygens (including phenoxy) is 1. The monoisotopic (exact) mass is 347 g/mol. The highest BCUT2D eigenvalue weighted by atomic mass is 16.5. The molecule has 1 aliphatic rings. The van der Waals surface area contributed by atoms with Crippen molar-refractivity contribution in [3.63, 3.8) is 0 Å². The van der Waals surface area contributed by atoms with Crippen molar-refractivity contribution in [1.82, 2.24) is 14.8 Å². The van der Waals surface area contributed by atoms with Crippen LogP contribution in [-0.4, -0.2) is 28.2 Å². The number of aldehydes is 1. The Hall–Kier alpha value is -2.95. The average molecular weight is 347 g/mol. The zero-order chi connectivity index (χ0) is 17.9. The van der Waals surface area contributed by atoms with Gasteiger partial charge in [-0.25, -0.2) is 9.67 Å². The summed E-state index contributed by atoms with van der Waals surface area (Å²) in [5, 5.41) is 4.76. The molecular formula is C21H21N3O2. The maximum Gasteiger partial charge on any atom is 0.181 e. The van der Waals surface area contributed by atoms with Crippen molar-refractivity contribution in [2.75, 3.05) is 7.11 Å². The number of aromatic nitrogens is 3. The summed E-state index contributed by atoms with van der Waals surface area (Å²) < 4.78 is 7.26. The number of benzene rings is 2. The molecule has 26 heavy (non-hydrogen) atoms.